The molecule has 0 N–H and O–H groups in total. The Hall–Kier alpha value is -3.67. The van der Waals surface area contributed by atoms with Crippen LogP contribution in [0, 0.1) is 11.3 Å². The number of carbonyl (C=O) groups excluding carboxylic acids is 2. The Morgan fingerprint density at radius 3 is 2.42 bits per heavy atom. The van der Waals surface area contributed by atoms with Gasteiger partial charge in [0.15, 0.2) is 0 Å². The second-order valence-electron chi connectivity index (χ2n) is 7.10. The van der Waals surface area contributed by atoms with E-state index >= 15 is 0 Å². The molecule has 0 spiro atoms. The van der Waals surface area contributed by atoms with Crippen molar-refractivity contribution >= 4 is 18.0 Å². The minimum Gasteiger partial charge on any atom is -0.491 e. The Morgan fingerprint density at radius 2 is 1.73 bits per heavy atom. The molecular formula is C25H25NO7. The molecule has 0 aliphatic carbocycles. The van der Waals surface area contributed by atoms with Gasteiger partial charge in [0.1, 0.15) is 24.7 Å². The van der Waals surface area contributed by atoms with Crippen LogP contribution < -0.4 is 9.47 Å². The third kappa shape index (κ3) is 9.15. The molecule has 1 atom stereocenters. The molecule has 0 radical (unpaired) electrons. The smallest absolute Gasteiger partial charge is 0.343 e. The van der Waals surface area contributed by atoms with Crippen molar-refractivity contribution in [1.29, 1.82) is 5.26 Å². The quantitative estimate of drug-likeness (QED) is 0.150. The lowest BCUT2D eigenvalue weighted by molar-refractivity contribution is -0.137. The second-order valence-corrected chi connectivity index (χ2v) is 7.10. The molecule has 172 valence electrons. The van der Waals surface area contributed by atoms with Crippen LogP contribution >= 0.6 is 0 Å². The molecule has 33 heavy (non-hydrogen) atoms. The fraction of sp³-hybridized carbons (Fsp3) is 0.320. The highest BCUT2D eigenvalue weighted by atomic mass is 16.6. The van der Waals surface area contributed by atoms with Gasteiger partial charge in [-0.2, -0.15) is 5.26 Å². The lowest BCUT2D eigenvalue weighted by atomic mass is 10.2. The molecule has 1 aliphatic rings. The number of hydrogen-bond acceptors (Lipinski definition) is 8. The number of epoxide rings is 1. The van der Waals surface area contributed by atoms with E-state index in [9.17, 15) is 9.59 Å². The molecule has 1 fully saturated rings. The largest absolute Gasteiger partial charge is 0.491 e. The molecule has 1 heterocycles. The van der Waals surface area contributed by atoms with Gasteiger partial charge < -0.3 is 23.7 Å². The molecule has 0 saturated carbocycles. The first kappa shape index (κ1) is 24.0. The molecule has 1 unspecified atom stereocenters. The fourth-order valence-electron chi connectivity index (χ4n) is 2.68. The Bertz CT molecular complexity index is 973. The minimum absolute atomic E-state index is 0.0621. The molecule has 2 aromatic rings. The summed E-state index contributed by atoms with van der Waals surface area (Å²) in [5.74, 6) is 0.00621. The first-order valence-electron chi connectivity index (χ1n) is 10.6. The normalized spacial score (nSPS) is 14.5. The average molecular weight is 451 g/mol. The topological polar surface area (TPSA) is 107 Å². The first-order chi connectivity index (χ1) is 16.1. The Labute approximate surface area is 192 Å². The number of rotatable bonds is 13. The molecule has 0 bridgehead atoms. The Balaban J connectivity index is 1.39. The van der Waals surface area contributed by atoms with Gasteiger partial charge in [0.25, 0.3) is 0 Å². The third-order valence-electron chi connectivity index (χ3n) is 4.53. The van der Waals surface area contributed by atoms with Gasteiger partial charge in [-0.15, -0.1) is 0 Å². The van der Waals surface area contributed by atoms with E-state index in [0.717, 1.165) is 18.6 Å². The van der Waals surface area contributed by atoms with Crippen molar-refractivity contribution in [2.24, 2.45) is 0 Å². The maximum absolute atomic E-state index is 12.4. The Morgan fingerprint density at radius 1 is 1.00 bits per heavy atom. The van der Waals surface area contributed by atoms with E-state index in [4.69, 9.17) is 28.9 Å². The van der Waals surface area contributed by atoms with E-state index < -0.39 is 11.9 Å². The zero-order valence-electron chi connectivity index (χ0n) is 18.1. The molecule has 2 aromatic carbocycles. The number of nitrogens with zero attached hydrogens (tertiary/aromatic N) is 1. The maximum Gasteiger partial charge on any atom is 0.343 e. The fourth-order valence-corrected chi connectivity index (χ4v) is 2.68. The Kier molecular flexibility index (Phi) is 9.45. The predicted molar refractivity (Wildman–Crippen MR) is 119 cm³/mol. The van der Waals surface area contributed by atoms with Gasteiger partial charge >= 0.3 is 11.9 Å². The van der Waals surface area contributed by atoms with Gasteiger partial charge in [0, 0.05) is 12.7 Å². The van der Waals surface area contributed by atoms with Gasteiger partial charge in [0.2, 0.25) is 0 Å². The molecule has 8 nitrogen and oxygen atoms in total. The van der Waals surface area contributed by atoms with Crippen LogP contribution in [0.3, 0.4) is 0 Å². The summed E-state index contributed by atoms with van der Waals surface area (Å²) in [4.78, 5) is 23.9. The molecule has 0 aromatic heterocycles. The summed E-state index contributed by atoms with van der Waals surface area (Å²) in [5, 5.41) is 8.42. The van der Waals surface area contributed by atoms with Gasteiger partial charge in [0.05, 0.1) is 37.4 Å². The van der Waals surface area contributed by atoms with Crippen LogP contribution in [0.4, 0.5) is 0 Å². The molecule has 1 saturated heterocycles. The summed E-state index contributed by atoms with van der Waals surface area (Å²) in [6.45, 7) is 2.47. The van der Waals surface area contributed by atoms with Crippen molar-refractivity contribution in [1.82, 2.24) is 0 Å². The van der Waals surface area contributed by atoms with Crippen LogP contribution in [-0.2, 0) is 19.0 Å². The van der Waals surface area contributed by atoms with Crippen LogP contribution in [-0.4, -0.2) is 51.1 Å². The van der Waals surface area contributed by atoms with Crippen molar-refractivity contribution in [2.75, 3.05) is 33.0 Å². The molecule has 1 aliphatic heterocycles. The number of nitriles is 1. The van der Waals surface area contributed by atoms with Crippen molar-refractivity contribution in [3.63, 3.8) is 0 Å². The van der Waals surface area contributed by atoms with Crippen molar-refractivity contribution in [3.05, 3.63) is 65.7 Å². The highest BCUT2D eigenvalue weighted by Crippen LogP contribution is 2.17. The molecule has 3 rings (SSSR count). The number of benzene rings is 2. The molecular weight excluding hydrogens is 426 g/mol. The monoisotopic (exact) mass is 451 g/mol. The standard InChI is InChI=1S/C25H25NO7/c26-13-1-14-31-24(27)11-4-19-2-7-22(8-3-19)33-25(28)20-5-9-21(10-6-20)30-17-16-29-15-12-23-18-32-23/h2-11,23H,1,12,14-18H2/b11-4+. The van der Waals surface area contributed by atoms with E-state index in [2.05, 4.69) is 0 Å². The van der Waals surface area contributed by atoms with Gasteiger partial charge in [-0.1, -0.05) is 12.1 Å². The van der Waals surface area contributed by atoms with E-state index in [1.165, 1.54) is 6.08 Å². The van der Waals surface area contributed by atoms with E-state index in [-0.39, 0.29) is 13.0 Å². The summed E-state index contributed by atoms with van der Waals surface area (Å²) in [5.41, 5.74) is 1.13. The van der Waals surface area contributed by atoms with Crippen molar-refractivity contribution in [2.45, 2.75) is 18.9 Å². The summed E-state index contributed by atoms with van der Waals surface area (Å²) in [6, 6.07) is 15.3. The van der Waals surface area contributed by atoms with Crippen LogP contribution in [0.5, 0.6) is 11.5 Å². The minimum atomic E-state index is -0.524. The van der Waals surface area contributed by atoms with Gasteiger partial charge in [-0.05, 0) is 54.5 Å². The van der Waals surface area contributed by atoms with Crippen molar-refractivity contribution in [3.8, 4) is 17.6 Å². The number of hydrogen-bond donors (Lipinski definition) is 0. The summed E-state index contributed by atoms with van der Waals surface area (Å²) < 4.78 is 26.4. The first-order valence-corrected chi connectivity index (χ1v) is 10.6. The molecule has 8 heteroatoms. The van der Waals surface area contributed by atoms with E-state index in [1.54, 1.807) is 54.6 Å². The predicted octanol–water partition coefficient (Wildman–Crippen LogP) is 3.56. The average Bonchev–Trinajstić information content (AvgIpc) is 3.66. The SMILES string of the molecule is N#CCCOC(=O)/C=C/c1ccc(OC(=O)c2ccc(OCCOCCC3CO3)cc2)cc1. The number of carbonyl (C=O) groups is 2. The number of esters is 2. The van der Waals surface area contributed by atoms with Crippen LogP contribution in [0.2, 0.25) is 0 Å². The highest BCUT2D eigenvalue weighted by Gasteiger charge is 2.21. The number of ether oxygens (including phenoxy) is 5. The van der Waals surface area contributed by atoms with Crippen molar-refractivity contribution < 1.29 is 33.3 Å². The lowest BCUT2D eigenvalue weighted by Gasteiger charge is -2.08. The highest BCUT2D eigenvalue weighted by molar-refractivity contribution is 5.91. The summed E-state index contributed by atoms with van der Waals surface area (Å²) in [6.07, 6.45) is 4.28. The second kappa shape index (κ2) is 13.0. The lowest BCUT2D eigenvalue weighted by Crippen LogP contribution is -2.10. The van der Waals surface area contributed by atoms with E-state index in [0.29, 0.717) is 43.0 Å². The zero-order chi connectivity index (χ0) is 23.3. The molecule has 0 amide bonds. The summed E-state index contributed by atoms with van der Waals surface area (Å²) >= 11 is 0. The van der Waals surface area contributed by atoms with Crippen LogP contribution in [0.15, 0.2) is 54.6 Å². The van der Waals surface area contributed by atoms with Crippen LogP contribution in [0.25, 0.3) is 6.08 Å². The zero-order valence-corrected chi connectivity index (χ0v) is 18.1. The van der Waals surface area contributed by atoms with Crippen LogP contribution in [0.1, 0.15) is 28.8 Å². The third-order valence-corrected chi connectivity index (χ3v) is 4.53. The van der Waals surface area contributed by atoms with Gasteiger partial charge in [-0.25, -0.2) is 9.59 Å². The maximum atomic E-state index is 12.4. The van der Waals surface area contributed by atoms with Gasteiger partial charge in [-0.3, -0.25) is 0 Å². The van der Waals surface area contributed by atoms with E-state index in [1.807, 2.05) is 6.07 Å². The summed E-state index contributed by atoms with van der Waals surface area (Å²) in [7, 11) is 0.